The van der Waals surface area contributed by atoms with Crippen molar-refractivity contribution < 1.29 is 14.3 Å². The second kappa shape index (κ2) is 8.16. The van der Waals surface area contributed by atoms with E-state index in [-0.39, 0.29) is 11.9 Å². The van der Waals surface area contributed by atoms with Crippen molar-refractivity contribution in [1.82, 2.24) is 10.2 Å². The van der Waals surface area contributed by atoms with Crippen molar-refractivity contribution in [2.45, 2.75) is 13.0 Å². The first kappa shape index (κ1) is 20.5. The molecular weight excluding hydrogens is 422 g/mol. The number of allylic oxidation sites excluding steroid dienone is 1. The van der Waals surface area contributed by atoms with Crippen LogP contribution in [-0.4, -0.2) is 43.2 Å². The number of nitrogens with zero attached hydrogens (tertiary/aromatic N) is 2. The Balaban J connectivity index is 1.81. The summed E-state index contributed by atoms with van der Waals surface area (Å²) in [5, 5.41) is 4.47. The van der Waals surface area contributed by atoms with E-state index < -0.39 is 0 Å². The molecule has 30 heavy (non-hydrogen) atoms. The summed E-state index contributed by atoms with van der Waals surface area (Å²) in [7, 11) is 3.48. The zero-order valence-electron chi connectivity index (χ0n) is 16.9. The molecule has 0 saturated heterocycles. The standard InChI is InChI=1S/C22H22ClN3O3S/c1-13-19(21(27)25(2)3)20(14-4-6-15(23)7-5-14)24-22(30)26(13)16-8-9-17-18(12-16)29-11-10-28-17/h4-9,12,20H,10-11H2,1-3H3,(H,24,30). The molecule has 2 aliphatic rings. The van der Waals surface area contributed by atoms with Gasteiger partial charge in [-0.2, -0.15) is 0 Å². The van der Waals surface area contributed by atoms with Gasteiger partial charge in [0.15, 0.2) is 16.6 Å². The molecule has 2 aromatic rings. The summed E-state index contributed by atoms with van der Waals surface area (Å²) in [5.74, 6) is 1.27. The molecule has 1 atom stereocenters. The van der Waals surface area contributed by atoms with Gasteiger partial charge in [0.25, 0.3) is 5.91 Å². The maximum absolute atomic E-state index is 13.2. The van der Waals surface area contributed by atoms with Crippen molar-refractivity contribution in [3.63, 3.8) is 0 Å². The molecule has 0 aliphatic carbocycles. The zero-order chi connectivity index (χ0) is 21.4. The predicted molar refractivity (Wildman–Crippen MR) is 121 cm³/mol. The lowest BCUT2D eigenvalue weighted by Gasteiger charge is -2.38. The van der Waals surface area contributed by atoms with Gasteiger partial charge in [0.1, 0.15) is 13.2 Å². The summed E-state index contributed by atoms with van der Waals surface area (Å²) in [5.41, 5.74) is 3.08. The van der Waals surface area contributed by atoms with Gasteiger partial charge in [0.2, 0.25) is 0 Å². The Morgan fingerprint density at radius 2 is 1.80 bits per heavy atom. The van der Waals surface area contributed by atoms with Crippen LogP contribution in [0, 0.1) is 0 Å². The Labute approximate surface area is 186 Å². The summed E-state index contributed by atoms with van der Waals surface area (Å²) >= 11 is 11.8. The largest absolute Gasteiger partial charge is 0.486 e. The van der Waals surface area contributed by atoms with Gasteiger partial charge in [-0.15, -0.1) is 0 Å². The molecule has 156 valence electrons. The van der Waals surface area contributed by atoms with Crippen molar-refractivity contribution in [2.75, 3.05) is 32.2 Å². The lowest BCUT2D eigenvalue weighted by atomic mass is 9.94. The van der Waals surface area contributed by atoms with Crippen LogP contribution in [0.3, 0.4) is 0 Å². The highest BCUT2D eigenvalue weighted by atomic mass is 35.5. The third kappa shape index (κ3) is 3.70. The average Bonchev–Trinajstić information content (AvgIpc) is 2.73. The number of anilines is 1. The first-order chi connectivity index (χ1) is 14.4. The fourth-order valence-corrected chi connectivity index (χ4v) is 4.13. The smallest absolute Gasteiger partial charge is 0.253 e. The topological polar surface area (TPSA) is 54.0 Å². The number of amides is 1. The van der Waals surface area contributed by atoms with E-state index in [4.69, 9.17) is 33.3 Å². The van der Waals surface area contributed by atoms with E-state index >= 15 is 0 Å². The van der Waals surface area contributed by atoms with E-state index in [1.807, 2.05) is 54.3 Å². The van der Waals surface area contributed by atoms with Crippen molar-refractivity contribution in [2.24, 2.45) is 0 Å². The molecule has 0 fully saturated rings. The van der Waals surface area contributed by atoms with E-state index in [0.29, 0.717) is 40.4 Å². The molecule has 0 aromatic heterocycles. The lowest BCUT2D eigenvalue weighted by molar-refractivity contribution is -0.125. The monoisotopic (exact) mass is 443 g/mol. The number of carbonyl (C=O) groups is 1. The maximum atomic E-state index is 13.2. The second-order valence-corrected chi connectivity index (χ2v) is 8.12. The van der Waals surface area contributed by atoms with Crippen molar-refractivity contribution in [3.05, 3.63) is 64.3 Å². The SMILES string of the molecule is CC1=C(C(=O)N(C)C)C(c2ccc(Cl)cc2)NC(=S)N1c1ccc2c(c1)OCCO2. The zero-order valence-corrected chi connectivity index (χ0v) is 18.5. The normalized spacial score (nSPS) is 18.2. The van der Waals surface area contributed by atoms with Crippen molar-refractivity contribution >= 4 is 40.5 Å². The Bertz CT molecular complexity index is 1040. The summed E-state index contributed by atoms with van der Waals surface area (Å²) in [6.07, 6.45) is 0. The summed E-state index contributed by atoms with van der Waals surface area (Å²) < 4.78 is 11.3. The number of hydrogen-bond acceptors (Lipinski definition) is 4. The van der Waals surface area contributed by atoms with Gasteiger partial charge < -0.3 is 19.7 Å². The average molecular weight is 444 g/mol. The number of fused-ring (bicyclic) bond motifs is 1. The molecule has 2 heterocycles. The predicted octanol–water partition coefficient (Wildman–Crippen LogP) is 3.91. The van der Waals surface area contributed by atoms with Crippen LogP contribution in [0.2, 0.25) is 5.02 Å². The number of rotatable bonds is 3. The fourth-order valence-electron chi connectivity index (χ4n) is 3.65. The van der Waals surface area contributed by atoms with Gasteiger partial charge in [-0.3, -0.25) is 9.69 Å². The number of nitrogens with one attached hydrogen (secondary N) is 1. The minimum atomic E-state index is -0.377. The molecule has 4 rings (SSSR count). The molecule has 0 radical (unpaired) electrons. The van der Waals surface area contributed by atoms with Gasteiger partial charge in [-0.1, -0.05) is 23.7 Å². The van der Waals surface area contributed by atoms with Gasteiger partial charge >= 0.3 is 0 Å². The number of hydrogen-bond donors (Lipinski definition) is 1. The number of halogens is 1. The lowest BCUT2D eigenvalue weighted by Crippen LogP contribution is -2.49. The van der Waals surface area contributed by atoms with Gasteiger partial charge in [-0.05, 0) is 49.0 Å². The molecular formula is C22H22ClN3O3S. The van der Waals surface area contributed by atoms with Crippen LogP contribution in [-0.2, 0) is 4.79 Å². The quantitative estimate of drug-likeness (QED) is 0.726. The van der Waals surface area contributed by atoms with E-state index in [1.54, 1.807) is 19.0 Å². The number of carbonyl (C=O) groups excluding carboxylic acids is 1. The minimum Gasteiger partial charge on any atom is -0.486 e. The number of benzene rings is 2. The summed E-state index contributed by atoms with van der Waals surface area (Å²) in [6.45, 7) is 2.93. The highest BCUT2D eigenvalue weighted by Gasteiger charge is 2.35. The molecule has 0 spiro atoms. The van der Waals surface area contributed by atoms with E-state index in [9.17, 15) is 4.79 Å². The molecule has 6 nitrogen and oxygen atoms in total. The summed E-state index contributed by atoms with van der Waals surface area (Å²) in [4.78, 5) is 16.6. The first-order valence-corrected chi connectivity index (χ1v) is 10.3. The van der Waals surface area contributed by atoms with Crippen LogP contribution in [0.25, 0.3) is 0 Å². The number of thiocarbonyl (C=S) groups is 1. The van der Waals surface area contributed by atoms with Crippen LogP contribution >= 0.6 is 23.8 Å². The van der Waals surface area contributed by atoms with Crippen molar-refractivity contribution in [3.8, 4) is 11.5 Å². The number of likely N-dealkylation sites (N-methyl/N-ethyl adjacent to an activating group) is 1. The van der Waals surface area contributed by atoms with Crippen LogP contribution < -0.4 is 19.7 Å². The molecule has 2 aromatic carbocycles. The molecule has 1 unspecified atom stereocenters. The molecule has 1 N–H and O–H groups in total. The third-order valence-electron chi connectivity index (χ3n) is 5.11. The van der Waals surface area contributed by atoms with Gasteiger partial charge in [-0.25, -0.2) is 0 Å². The first-order valence-electron chi connectivity index (χ1n) is 9.55. The van der Waals surface area contributed by atoms with Gasteiger partial charge in [0, 0.05) is 30.9 Å². The molecule has 8 heteroatoms. The Morgan fingerprint density at radius 3 is 2.47 bits per heavy atom. The number of ether oxygens (including phenoxy) is 2. The van der Waals surface area contributed by atoms with E-state index in [2.05, 4.69) is 5.32 Å². The molecule has 2 aliphatic heterocycles. The van der Waals surface area contributed by atoms with Crippen LogP contribution in [0.15, 0.2) is 53.7 Å². The van der Waals surface area contributed by atoms with Crippen LogP contribution in [0.5, 0.6) is 11.5 Å². The Kier molecular flexibility index (Phi) is 5.58. The maximum Gasteiger partial charge on any atom is 0.253 e. The van der Waals surface area contributed by atoms with Crippen LogP contribution in [0.1, 0.15) is 18.5 Å². The van der Waals surface area contributed by atoms with Crippen LogP contribution in [0.4, 0.5) is 5.69 Å². The van der Waals surface area contributed by atoms with Crippen molar-refractivity contribution in [1.29, 1.82) is 0 Å². The third-order valence-corrected chi connectivity index (χ3v) is 5.66. The Morgan fingerprint density at radius 1 is 1.13 bits per heavy atom. The highest BCUT2D eigenvalue weighted by Crippen LogP contribution is 2.39. The van der Waals surface area contributed by atoms with E-state index in [0.717, 1.165) is 16.9 Å². The fraction of sp³-hybridized carbons (Fsp3) is 0.273. The summed E-state index contributed by atoms with van der Waals surface area (Å²) in [6, 6.07) is 12.7. The van der Waals surface area contributed by atoms with E-state index in [1.165, 1.54) is 0 Å². The second-order valence-electron chi connectivity index (χ2n) is 7.30. The molecule has 1 amide bonds. The van der Waals surface area contributed by atoms with Gasteiger partial charge in [0.05, 0.1) is 17.3 Å². The highest BCUT2D eigenvalue weighted by molar-refractivity contribution is 7.80. The molecule has 0 bridgehead atoms. The Hall–Kier alpha value is -2.77. The molecule has 0 saturated carbocycles. The minimum absolute atomic E-state index is 0.0926.